The molecule has 0 unspecified atom stereocenters. The Morgan fingerprint density at radius 3 is 2.51 bits per heavy atom. The minimum absolute atomic E-state index is 0.0539. The van der Waals surface area contributed by atoms with E-state index in [2.05, 4.69) is 14.8 Å². The summed E-state index contributed by atoms with van der Waals surface area (Å²) in [4.78, 5) is 28.1. The highest BCUT2D eigenvalue weighted by molar-refractivity contribution is 7.87. The van der Waals surface area contributed by atoms with Crippen LogP contribution in [-0.4, -0.2) is 43.8 Å². The van der Waals surface area contributed by atoms with Crippen LogP contribution in [-0.2, 0) is 39.4 Å². The molecule has 1 aliphatic rings. The van der Waals surface area contributed by atoms with Gasteiger partial charge in [0.15, 0.2) is 0 Å². The zero-order chi connectivity index (χ0) is 27.0. The summed E-state index contributed by atoms with van der Waals surface area (Å²) in [5, 5.41) is 3.44. The highest BCUT2D eigenvalue weighted by Crippen LogP contribution is 2.22. The van der Waals surface area contributed by atoms with Gasteiger partial charge in [0.25, 0.3) is 10.2 Å². The smallest absolute Gasteiger partial charge is 0.277 e. The molecule has 1 fully saturated rings. The zero-order valence-electron chi connectivity index (χ0n) is 21.2. The van der Waals surface area contributed by atoms with Crippen LogP contribution in [0.25, 0.3) is 0 Å². The molecule has 0 aliphatic carbocycles. The average molecular weight is 550 g/mol. The summed E-state index contributed by atoms with van der Waals surface area (Å²) >= 11 is 6.10. The molecule has 9 nitrogen and oxygen atoms in total. The molecule has 2 amide bonds. The Hall–Kier alpha value is -2.50. The number of benzene rings is 2. The quantitative estimate of drug-likeness (QED) is 0.323. The van der Waals surface area contributed by atoms with Gasteiger partial charge in [0.2, 0.25) is 11.8 Å². The molecule has 11 heteroatoms. The van der Waals surface area contributed by atoms with E-state index in [1.165, 1.54) is 4.90 Å². The molecule has 0 radical (unpaired) electrons. The lowest BCUT2D eigenvalue weighted by Gasteiger charge is -2.29. The molecular formula is C26H36ClN5O4S. The highest BCUT2D eigenvalue weighted by Gasteiger charge is 2.38. The van der Waals surface area contributed by atoms with Gasteiger partial charge in [-0.3, -0.25) is 9.59 Å². The van der Waals surface area contributed by atoms with Crippen LogP contribution < -0.4 is 20.5 Å². The SMILES string of the molecule is CC(C)C[C@H](NS(=O)(=O)NCc1ccccc1)C(=O)N1CCC[C@H]1C(=O)NCc1cc(Cl)ccc1CN. The van der Waals surface area contributed by atoms with Crippen LogP contribution in [0.2, 0.25) is 5.02 Å². The number of nitrogens with one attached hydrogen (secondary N) is 3. The molecular weight excluding hydrogens is 514 g/mol. The fourth-order valence-electron chi connectivity index (χ4n) is 4.44. The lowest BCUT2D eigenvalue weighted by atomic mass is 10.0. The van der Waals surface area contributed by atoms with Crippen LogP contribution in [0, 0.1) is 5.92 Å². The molecule has 1 aliphatic heterocycles. The topological polar surface area (TPSA) is 134 Å². The third-order valence-corrected chi connectivity index (χ3v) is 7.65. The first-order chi connectivity index (χ1) is 17.6. The summed E-state index contributed by atoms with van der Waals surface area (Å²) in [5.74, 6) is -0.637. The average Bonchev–Trinajstić information content (AvgIpc) is 3.36. The van der Waals surface area contributed by atoms with E-state index >= 15 is 0 Å². The Bertz CT molecular complexity index is 1180. The summed E-state index contributed by atoms with van der Waals surface area (Å²) in [6, 6.07) is 12.8. The first-order valence-corrected chi connectivity index (χ1v) is 14.3. The van der Waals surface area contributed by atoms with E-state index < -0.39 is 28.2 Å². The maximum absolute atomic E-state index is 13.5. The zero-order valence-corrected chi connectivity index (χ0v) is 22.8. The molecule has 3 rings (SSSR count). The van der Waals surface area contributed by atoms with Crippen molar-refractivity contribution >= 4 is 33.6 Å². The fraction of sp³-hybridized carbons (Fsp3) is 0.462. The molecule has 2 atom stereocenters. The normalized spacial score (nSPS) is 16.7. The summed E-state index contributed by atoms with van der Waals surface area (Å²) in [6.45, 7) is 4.86. The summed E-state index contributed by atoms with van der Waals surface area (Å²) in [7, 11) is -3.97. The van der Waals surface area contributed by atoms with Crippen molar-refractivity contribution in [3.63, 3.8) is 0 Å². The first-order valence-electron chi connectivity index (χ1n) is 12.5. The highest BCUT2D eigenvalue weighted by atomic mass is 35.5. The third-order valence-electron chi connectivity index (χ3n) is 6.29. The van der Waals surface area contributed by atoms with Gasteiger partial charge in [0.05, 0.1) is 0 Å². The van der Waals surface area contributed by atoms with E-state index in [4.69, 9.17) is 17.3 Å². The van der Waals surface area contributed by atoms with Crippen LogP contribution in [0.4, 0.5) is 0 Å². The number of amides is 2. The molecule has 0 spiro atoms. The number of carbonyl (C=O) groups is 2. The predicted octanol–water partition coefficient (Wildman–Crippen LogP) is 2.44. The second-order valence-electron chi connectivity index (χ2n) is 9.63. The molecule has 0 aromatic heterocycles. The van der Waals surface area contributed by atoms with Gasteiger partial charge in [-0.1, -0.05) is 61.8 Å². The first kappa shape index (κ1) is 29.1. The van der Waals surface area contributed by atoms with Gasteiger partial charge in [0, 0.05) is 31.2 Å². The van der Waals surface area contributed by atoms with Crippen molar-refractivity contribution in [1.82, 2.24) is 19.7 Å². The standard InChI is InChI=1S/C26H36ClN5O4S/c1-18(2)13-23(31-37(35,36)30-16-19-7-4-3-5-8-19)26(34)32-12-6-9-24(32)25(33)29-17-21-14-22(27)11-10-20(21)15-28/h3-5,7-8,10-11,14,18,23-24,30-31H,6,9,12-13,15-17,28H2,1-2H3,(H,29,33)/t23-,24-/m0/s1. The van der Waals surface area contributed by atoms with Crippen molar-refractivity contribution in [1.29, 1.82) is 0 Å². The van der Waals surface area contributed by atoms with E-state index in [0.29, 0.717) is 37.4 Å². The van der Waals surface area contributed by atoms with E-state index in [1.807, 2.05) is 50.2 Å². The Labute approximate surface area is 224 Å². The number of carbonyl (C=O) groups excluding carboxylic acids is 2. The minimum atomic E-state index is -3.97. The summed E-state index contributed by atoms with van der Waals surface area (Å²) < 4.78 is 30.6. The number of hydrogen-bond acceptors (Lipinski definition) is 5. The molecule has 1 heterocycles. The van der Waals surface area contributed by atoms with Crippen LogP contribution in [0.3, 0.4) is 0 Å². The van der Waals surface area contributed by atoms with Crippen molar-refractivity contribution in [2.75, 3.05) is 6.54 Å². The van der Waals surface area contributed by atoms with Crippen molar-refractivity contribution in [2.24, 2.45) is 11.7 Å². The number of likely N-dealkylation sites (tertiary alicyclic amines) is 1. The Kier molecular flexibility index (Phi) is 10.5. The van der Waals surface area contributed by atoms with Gasteiger partial charge in [0.1, 0.15) is 12.1 Å². The van der Waals surface area contributed by atoms with Crippen molar-refractivity contribution in [3.8, 4) is 0 Å². The molecule has 0 bridgehead atoms. The van der Waals surface area contributed by atoms with Crippen molar-refractivity contribution < 1.29 is 18.0 Å². The van der Waals surface area contributed by atoms with Gasteiger partial charge >= 0.3 is 0 Å². The lowest BCUT2D eigenvalue weighted by Crippen LogP contribution is -2.55. The molecule has 2 aromatic carbocycles. The number of halogens is 1. The van der Waals surface area contributed by atoms with Crippen molar-refractivity contribution in [3.05, 3.63) is 70.2 Å². The van der Waals surface area contributed by atoms with Gasteiger partial charge in [-0.2, -0.15) is 17.9 Å². The largest absolute Gasteiger partial charge is 0.350 e. The fourth-order valence-corrected chi connectivity index (χ4v) is 5.64. The Balaban J connectivity index is 1.67. The lowest BCUT2D eigenvalue weighted by molar-refractivity contribution is -0.140. The van der Waals surface area contributed by atoms with Gasteiger partial charge in [-0.15, -0.1) is 0 Å². The number of nitrogens with zero attached hydrogens (tertiary/aromatic N) is 1. The molecule has 0 saturated carbocycles. The maximum atomic E-state index is 13.5. The summed E-state index contributed by atoms with van der Waals surface area (Å²) in [6.07, 6.45) is 1.46. The molecule has 5 N–H and O–H groups in total. The van der Waals surface area contributed by atoms with Crippen LogP contribution in [0.1, 0.15) is 49.8 Å². The molecule has 37 heavy (non-hydrogen) atoms. The number of hydrogen-bond donors (Lipinski definition) is 4. The molecule has 1 saturated heterocycles. The predicted molar refractivity (Wildman–Crippen MR) is 145 cm³/mol. The van der Waals surface area contributed by atoms with Crippen LogP contribution >= 0.6 is 11.6 Å². The van der Waals surface area contributed by atoms with Crippen molar-refractivity contribution in [2.45, 2.75) is 64.8 Å². The third kappa shape index (κ3) is 8.51. The van der Waals surface area contributed by atoms with E-state index in [0.717, 1.165) is 16.7 Å². The molecule has 2 aromatic rings. The van der Waals surface area contributed by atoms with E-state index in [-0.39, 0.29) is 24.9 Å². The maximum Gasteiger partial charge on any atom is 0.277 e. The monoisotopic (exact) mass is 549 g/mol. The summed E-state index contributed by atoms with van der Waals surface area (Å²) in [5.41, 5.74) is 8.29. The van der Waals surface area contributed by atoms with Crippen LogP contribution in [0.15, 0.2) is 48.5 Å². The number of nitrogens with two attached hydrogens (primary N) is 1. The Morgan fingerprint density at radius 1 is 1.11 bits per heavy atom. The second kappa shape index (κ2) is 13.3. The van der Waals surface area contributed by atoms with Gasteiger partial charge < -0.3 is 16.0 Å². The molecule has 202 valence electrons. The Morgan fingerprint density at radius 2 is 1.84 bits per heavy atom. The van der Waals surface area contributed by atoms with Gasteiger partial charge in [-0.25, -0.2) is 0 Å². The second-order valence-corrected chi connectivity index (χ2v) is 11.6. The van der Waals surface area contributed by atoms with E-state index in [1.54, 1.807) is 12.1 Å². The minimum Gasteiger partial charge on any atom is -0.350 e. The van der Waals surface area contributed by atoms with Gasteiger partial charge in [-0.05, 0) is 54.0 Å². The van der Waals surface area contributed by atoms with Crippen LogP contribution in [0.5, 0.6) is 0 Å². The number of rotatable bonds is 12. The van der Waals surface area contributed by atoms with E-state index in [9.17, 15) is 18.0 Å².